The van der Waals surface area contributed by atoms with Crippen LogP contribution in [-0.4, -0.2) is 38.8 Å². The molecule has 0 spiro atoms. The number of sulfonamides is 1. The second-order valence-corrected chi connectivity index (χ2v) is 9.34. The van der Waals surface area contributed by atoms with Gasteiger partial charge in [0.15, 0.2) is 0 Å². The highest BCUT2D eigenvalue weighted by atomic mass is 32.2. The Labute approximate surface area is 161 Å². The van der Waals surface area contributed by atoms with Gasteiger partial charge in [-0.1, -0.05) is 42.5 Å². The smallest absolute Gasteiger partial charge is 0.241 e. The SMILES string of the molecule is O=S(=O)(N[C@@H]1Cc2ccccc2[C@H]1[NH+]1CCCC[C@@H]1CO)c1ccccc1. The molecule has 6 heteroatoms. The fourth-order valence-electron chi connectivity index (χ4n) is 4.76. The zero-order valence-corrected chi connectivity index (χ0v) is 16.2. The summed E-state index contributed by atoms with van der Waals surface area (Å²) in [7, 11) is -3.58. The van der Waals surface area contributed by atoms with Gasteiger partial charge in [0.25, 0.3) is 0 Å². The first-order valence-corrected chi connectivity index (χ1v) is 11.2. The van der Waals surface area contributed by atoms with Crippen molar-refractivity contribution in [2.75, 3.05) is 13.2 Å². The molecule has 3 N–H and O–H groups in total. The quantitative estimate of drug-likeness (QED) is 0.719. The molecular formula is C21H27N2O3S+. The second kappa shape index (κ2) is 7.72. The maximum Gasteiger partial charge on any atom is 0.241 e. The Morgan fingerprint density at radius 2 is 1.78 bits per heavy atom. The van der Waals surface area contributed by atoms with E-state index in [-0.39, 0.29) is 24.7 Å². The van der Waals surface area contributed by atoms with E-state index in [1.807, 2.05) is 18.2 Å². The Bertz CT molecular complexity index is 885. The Hall–Kier alpha value is -1.73. The van der Waals surface area contributed by atoms with Crippen LogP contribution in [0.5, 0.6) is 0 Å². The molecule has 0 radical (unpaired) electrons. The molecule has 5 nitrogen and oxygen atoms in total. The number of nitrogens with one attached hydrogen (secondary N) is 2. The Kier molecular flexibility index (Phi) is 5.32. The van der Waals surface area contributed by atoms with Crippen molar-refractivity contribution in [3.63, 3.8) is 0 Å². The topological polar surface area (TPSA) is 70.8 Å². The Balaban J connectivity index is 1.67. The van der Waals surface area contributed by atoms with Crippen LogP contribution in [-0.2, 0) is 16.4 Å². The minimum atomic E-state index is -3.58. The van der Waals surface area contributed by atoms with Crippen LogP contribution in [0.3, 0.4) is 0 Å². The largest absolute Gasteiger partial charge is 0.390 e. The minimum Gasteiger partial charge on any atom is -0.390 e. The van der Waals surface area contributed by atoms with E-state index >= 15 is 0 Å². The average molecular weight is 388 g/mol. The number of hydrogen-bond donors (Lipinski definition) is 3. The molecule has 0 aromatic heterocycles. The van der Waals surface area contributed by atoms with Crippen LogP contribution in [0.25, 0.3) is 0 Å². The fourth-order valence-corrected chi connectivity index (χ4v) is 6.03. The van der Waals surface area contributed by atoms with Crippen molar-refractivity contribution in [2.45, 2.75) is 48.7 Å². The third-order valence-electron chi connectivity index (χ3n) is 6.00. The van der Waals surface area contributed by atoms with E-state index in [9.17, 15) is 13.5 Å². The van der Waals surface area contributed by atoms with Crippen molar-refractivity contribution >= 4 is 10.0 Å². The number of fused-ring (bicyclic) bond motifs is 1. The molecule has 1 aliphatic heterocycles. The van der Waals surface area contributed by atoms with Gasteiger partial charge in [0.1, 0.15) is 12.1 Å². The number of hydrogen-bond acceptors (Lipinski definition) is 3. The lowest BCUT2D eigenvalue weighted by molar-refractivity contribution is -0.961. The van der Waals surface area contributed by atoms with Crippen molar-refractivity contribution in [3.05, 3.63) is 65.7 Å². The molecule has 4 rings (SSSR count). The highest BCUT2D eigenvalue weighted by Crippen LogP contribution is 2.31. The predicted octanol–water partition coefficient (Wildman–Crippen LogP) is 1.06. The summed E-state index contributed by atoms with van der Waals surface area (Å²) in [5.41, 5.74) is 2.42. The lowest BCUT2D eigenvalue weighted by Crippen LogP contribution is -3.18. The normalized spacial score (nSPS) is 28.0. The Morgan fingerprint density at radius 3 is 2.56 bits per heavy atom. The summed E-state index contributed by atoms with van der Waals surface area (Å²) in [5, 5.41) is 9.91. The molecule has 1 aliphatic carbocycles. The highest BCUT2D eigenvalue weighted by molar-refractivity contribution is 7.89. The first kappa shape index (κ1) is 18.6. The number of likely N-dealkylation sites (tertiary alicyclic amines) is 1. The molecule has 144 valence electrons. The molecule has 0 bridgehead atoms. The molecule has 1 fully saturated rings. The molecule has 2 aromatic rings. The highest BCUT2D eigenvalue weighted by Gasteiger charge is 2.44. The van der Waals surface area contributed by atoms with E-state index < -0.39 is 10.0 Å². The summed E-state index contributed by atoms with van der Waals surface area (Å²) < 4.78 is 28.9. The second-order valence-electron chi connectivity index (χ2n) is 7.62. The van der Waals surface area contributed by atoms with Crippen LogP contribution in [0.2, 0.25) is 0 Å². The number of piperidine rings is 1. The average Bonchev–Trinajstić information content (AvgIpc) is 3.05. The standard InChI is InChI=1S/C21H26N2O3S/c24-15-17-9-6-7-13-23(17)21-19-12-5-4-8-16(19)14-20(21)22-27(25,26)18-10-2-1-3-11-18/h1-5,8,10-12,17,20-22,24H,6-7,9,13-15H2/p+1/t17-,20-,21-/m1/s1. The van der Waals surface area contributed by atoms with E-state index in [1.54, 1.807) is 24.3 Å². The van der Waals surface area contributed by atoms with Crippen LogP contribution in [0.15, 0.2) is 59.5 Å². The van der Waals surface area contributed by atoms with E-state index in [1.165, 1.54) is 16.0 Å². The van der Waals surface area contributed by atoms with Gasteiger partial charge in [-0.3, -0.25) is 0 Å². The van der Waals surface area contributed by atoms with Gasteiger partial charge in [0.2, 0.25) is 10.0 Å². The van der Waals surface area contributed by atoms with Crippen LogP contribution in [0, 0.1) is 0 Å². The number of aliphatic hydroxyl groups excluding tert-OH is 1. The predicted molar refractivity (Wildman–Crippen MR) is 104 cm³/mol. The molecule has 4 atom stereocenters. The van der Waals surface area contributed by atoms with Gasteiger partial charge in [-0.2, -0.15) is 0 Å². The van der Waals surface area contributed by atoms with Gasteiger partial charge in [-0.05, 0) is 37.0 Å². The van der Waals surface area contributed by atoms with Gasteiger partial charge >= 0.3 is 0 Å². The van der Waals surface area contributed by atoms with Crippen LogP contribution in [0.4, 0.5) is 0 Å². The van der Waals surface area contributed by atoms with Gasteiger partial charge < -0.3 is 10.0 Å². The van der Waals surface area contributed by atoms with Gasteiger partial charge in [-0.25, -0.2) is 13.1 Å². The molecule has 2 aliphatic rings. The van der Waals surface area contributed by atoms with Gasteiger partial charge in [0, 0.05) is 12.0 Å². The molecular weight excluding hydrogens is 360 g/mol. The van der Waals surface area contributed by atoms with Crippen LogP contribution in [0.1, 0.15) is 36.4 Å². The molecule has 27 heavy (non-hydrogen) atoms. The van der Waals surface area contributed by atoms with Crippen molar-refractivity contribution in [1.29, 1.82) is 0 Å². The first-order chi connectivity index (χ1) is 13.1. The summed E-state index contributed by atoms with van der Waals surface area (Å²) in [4.78, 5) is 1.61. The van der Waals surface area contributed by atoms with Gasteiger partial charge in [-0.15, -0.1) is 0 Å². The Morgan fingerprint density at radius 1 is 1.04 bits per heavy atom. The monoisotopic (exact) mass is 387 g/mol. The minimum absolute atomic E-state index is 0.0390. The lowest BCUT2D eigenvalue weighted by Gasteiger charge is -2.38. The van der Waals surface area contributed by atoms with Gasteiger partial charge in [0.05, 0.1) is 24.1 Å². The van der Waals surface area contributed by atoms with Crippen molar-refractivity contribution in [3.8, 4) is 0 Å². The van der Waals surface area contributed by atoms with E-state index in [2.05, 4.69) is 16.9 Å². The number of aliphatic hydroxyl groups is 1. The zero-order valence-electron chi connectivity index (χ0n) is 15.3. The first-order valence-electron chi connectivity index (χ1n) is 9.72. The summed E-state index contributed by atoms with van der Waals surface area (Å²) in [5.74, 6) is 0. The van der Waals surface area contributed by atoms with Crippen LogP contribution < -0.4 is 9.62 Å². The third-order valence-corrected chi connectivity index (χ3v) is 7.51. The fraction of sp³-hybridized carbons (Fsp3) is 0.429. The summed E-state index contributed by atoms with van der Waals surface area (Å²) in [6.07, 6.45) is 3.92. The van der Waals surface area contributed by atoms with Crippen LogP contribution >= 0.6 is 0 Å². The summed E-state index contributed by atoms with van der Waals surface area (Å²) >= 11 is 0. The molecule has 1 unspecified atom stereocenters. The third kappa shape index (κ3) is 3.67. The maximum atomic E-state index is 12.9. The summed E-state index contributed by atoms with van der Waals surface area (Å²) in [6.45, 7) is 1.11. The van der Waals surface area contributed by atoms with Crippen molar-refractivity contribution in [2.24, 2.45) is 0 Å². The van der Waals surface area contributed by atoms with E-state index in [0.29, 0.717) is 11.3 Å². The van der Waals surface area contributed by atoms with Crippen molar-refractivity contribution < 1.29 is 18.4 Å². The lowest BCUT2D eigenvalue weighted by atomic mass is 9.96. The van der Waals surface area contributed by atoms with E-state index in [0.717, 1.165) is 25.8 Å². The van der Waals surface area contributed by atoms with Crippen molar-refractivity contribution in [1.82, 2.24) is 4.72 Å². The molecule has 1 heterocycles. The number of rotatable bonds is 5. The summed E-state index contributed by atoms with van der Waals surface area (Å²) in [6, 6.07) is 16.8. The molecule has 2 aromatic carbocycles. The van der Waals surface area contributed by atoms with E-state index in [4.69, 9.17) is 0 Å². The zero-order chi connectivity index (χ0) is 18.9. The number of benzene rings is 2. The molecule has 0 amide bonds. The maximum absolute atomic E-state index is 12.9. The molecule has 0 saturated carbocycles. The molecule has 1 saturated heterocycles. The number of quaternary nitrogens is 1.